The number of nitrogens with zero attached hydrogens (tertiary/aromatic N) is 2. The molecule has 2 aromatic carbocycles. The molecule has 0 saturated carbocycles. The molecular weight excluding hydrogens is 328 g/mol. The maximum Gasteiger partial charge on any atom is 0.253 e. The number of carbonyl (C=O) groups excluding carboxylic acids is 2. The maximum absolute atomic E-state index is 12.7. The van der Waals surface area contributed by atoms with E-state index in [0.29, 0.717) is 18.7 Å². The van der Waals surface area contributed by atoms with Crippen LogP contribution in [-0.4, -0.2) is 43.0 Å². The zero-order chi connectivity index (χ0) is 18.8. The fourth-order valence-electron chi connectivity index (χ4n) is 3.40. The van der Waals surface area contributed by atoms with Gasteiger partial charge >= 0.3 is 0 Å². The Bertz CT molecular complexity index is 852. The van der Waals surface area contributed by atoms with E-state index in [2.05, 4.69) is 37.8 Å². The van der Waals surface area contributed by atoms with E-state index in [9.17, 15) is 14.7 Å². The zero-order valence-electron chi connectivity index (χ0n) is 15.4. The number of hydrogen-bond donors (Lipinski definition) is 0. The number of anilines is 1. The van der Waals surface area contributed by atoms with Gasteiger partial charge in [-0.25, -0.2) is 0 Å². The summed E-state index contributed by atoms with van der Waals surface area (Å²) in [5.41, 5.74) is 5.44. The molecule has 0 unspecified atom stereocenters. The highest BCUT2D eigenvalue weighted by molar-refractivity contribution is 5.97. The molecule has 1 aliphatic rings. The lowest BCUT2D eigenvalue weighted by atomic mass is 10.0. The van der Waals surface area contributed by atoms with Crippen molar-refractivity contribution in [2.75, 3.05) is 31.1 Å². The van der Waals surface area contributed by atoms with Crippen molar-refractivity contribution in [1.29, 1.82) is 0 Å². The monoisotopic (exact) mass is 351 g/mol. The van der Waals surface area contributed by atoms with Gasteiger partial charge in [0, 0.05) is 37.4 Å². The van der Waals surface area contributed by atoms with Gasteiger partial charge in [-0.3, -0.25) is 4.79 Å². The molecule has 0 aromatic heterocycles. The molecule has 0 N–H and O–H groups in total. The van der Waals surface area contributed by atoms with Crippen LogP contribution in [0.1, 0.15) is 37.4 Å². The van der Waals surface area contributed by atoms with Crippen molar-refractivity contribution in [2.24, 2.45) is 0 Å². The molecule has 1 amide bonds. The number of piperazine rings is 1. The lowest BCUT2D eigenvalue weighted by Gasteiger charge is -2.37. The van der Waals surface area contributed by atoms with Crippen LogP contribution in [0.25, 0.3) is 0 Å². The molecule has 136 valence electrons. The molecule has 2 aromatic rings. The van der Waals surface area contributed by atoms with Crippen LogP contribution in [0.4, 0.5) is 5.69 Å². The third-order valence-electron chi connectivity index (χ3n) is 5.07. The Balaban J connectivity index is 1.70. The minimum Gasteiger partial charge on any atom is -0.545 e. The van der Waals surface area contributed by atoms with Gasteiger partial charge in [0.05, 0.1) is 5.97 Å². The number of aryl methyl sites for hydroxylation is 3. The largest absolute Gasteiger partial charge is 0.545 e. The van der Waals surface area contributed by atoms with Crippen LogP contribution in [0.15, 0.2) is 36.4 Å². The summed E-state index contributed by atoms with van der Waals surface area (Å²) in [6.07, 6.45) is 0. The first kappa shape index (κ1) is 18.0. The second-order valence-electron chi connectivity index (χ2n) is 6.87. The Labute approximate surface area is 153 Å². The van der Waals surface area contributed by atoms with Crippen molar-refractivity contribution in [1.82, 2.24) is 4.90 Å². The van der Waals surface area contributed by atoms with E-state index in [4.69, 9.17) is 0 Å². The van der Waals surface area contributed by atoms with E-state index in [1.807, 2.05) is 0 Å². The summed E-state index contributed by atoms with van der Waals surface area (Å²) in [5, 5.41) is 11.0. The summed E-state index contributed by atoms with van der Waals surface area (Å²) >= 11 is 0. The molecule has 0 radical (unpaired) electrons. The van der Waals surface area contributed by atoms with Gasteiger partial charge in [-0.05, 0) is 61.2 Å². The van der Waals surface area contributed by atoms with Gasteiger partial charge in [-0.15, -0.1) is 0 Å². The highest BCUT2D eigenvalue weighted by Crippen LogP contribution is 2.25. The number of hydrogen-bond acceptors (Lipinski definition) is 4. The molecule has 1 aliphatic heterocycles. The van der Waals surface area contributed by atoms with Crippen molar-refractivity contribution < 1.29 is 14.7 Å². The lowest BCUT2D eigenvalue weighted by Crippen LogP contribution is -2.49. The SMILES string of the molecule is Cc1cc(C)c(N2CCN(C(=O)c3cccc(C(=O)[O-])c3)CC2)cc1C. The minimum atomic E-state index is -1.27. The van der Waals surface area contributed by atoms with Gasteiger partial charge < -0.3 is 19.7 Å². The first-order valence-corrected chi connectivity index (χ1v) is 8.80. The Morgan fingerprint density at radius 2 is 1.46 bits per heavy atom. The number of aromatic carboxylic acids is 1. The van der Waals surface area contributed by atoms with Crippen LogP contribution in [0.5, 0.6) is 0 Å². The van der Waals surface area contributed by atoms with E-state index in [1.165, 1.54) is 34.5 Å². The van der Waals surface area contributed by atoms with Crippen LogP contribution < -0.4 is 10.0 Å². The molecule has 1 heterocycles. The second kappa shape index (κ2) is 7.20. The van der Waals surface area contributed by atoms with Crippen molar-refractivity contribution in [3.05, 3.63) is 64.2 Å². The van der Waals surface area contributed by atoms with Gasteiger partial charge in [0.25, 0.3) is 5.91 Å². The molecule has 26 heavy (non-hydrogen) atoms. The number of amides is 1. The summed E-state index contributed by atoms with van der Waals surface area (Å²) in [4.78, 5) is 27.8. The summed E-state index contributed by atoms with van der Waals surface area (Å²) in [6, 6.07) is 10.5. The summed E-state index contributed by atoms with van der Waals surface area (Å²) < 4.78 is 0. The van der Waals surface area contributed by atoms with Crippen molar-refractivity contribution in [3.8, 4) is 0 Å². The van der Waals surface area contributed by atoms with E-state index in [1.54, 1.807) is 17.0 Å². The molecule has 5 heteroatoms. The molecule has 0 aliphatic carbocycles. The molecule has 1 saturated heterocycles. The minimum absolute atomic E-state index is 0.0280. The summed E-state index contributed by atoms with van der Waals surface area (Å²) in [6.45, 7) is 9.09. The van der Waals surface area contributed by atoms with Gasteiger partial charge in [-0.2, -0.15) is 0 Å². The average Bonchev–Trinajstić information content (AvgIpc) is 2.64. The smallest absolute Gasteiger partial charge is 0.253 e. The van der Waals surface area contributed by atoms with E-state index in [0.717, 1.165) is 13.1 Å². The summed E-state index contributed by atoms with van der Waals surface area (Å²) in [5.74, 6) is -1.40. The van der Waals surface area contributed by atoms with Crippen molar-refractivity contribution in [2.45, 2.75) is 20.8 Å². The fraction of sp³-hybridized carbons (Fsp3) is 0.333. The number of carboxylic acid groups (broad SMARTS) is 1. The highest BCUT2D eigenvalue weighted by Gasteiger charge is 2.23. The Morgan fingerprint density at radius 1 is 0.846 bits per heavy atom. The Kier molecular flexibility index (Phi) is 4.98. The third kappa shape index (κ3) is 3.57. The van der Waals surface area contributed by atoms with Crippen LogP contribution >= 0.6 is 0 Å². The van der Waals surface area contributed by atoms with E-state index < -0.39 is 5.97 Å². The Morgan fingerprint density at radius 3 is 2.12 bits per heavy atom. The number of rotatable bonds is 3. The first-order chi connectivity index (χ1) is 12.4. The van der Waals surface area contributed by atoms with Crippen LogP contribution in [0.2, 0.25) is 0 Å². The number of carboxylic acids is 1. The number of benzene rings is 2. The lowest BCUT2D eigenvalue weighted by molar-refractivity contribution is -0.255. The van der Waals surface area contributed by atoms with Crippen LogP contribution in [-0.2, 0) is 0 Å². The predicted molar refractivity (Wildman–Crippen MR) is 99.5 cm³/mol. The van der Waals surface area contributed by atoms with Crippen LogP contribution in [0, 0.1) is 20.8 Å². The van der Waals surface area contributed by atoms with Gasteiger partial charge in [-0.1, -0.05) is 18.2 Å². The van der Waals surface area contributed by atoms with E-state index in [-0.39, 0.29) is 11.5 Å². The molecule has 0 atom stereocenters. The van der Waals surface area contributed by atoms with Gasteiger partial charge in [0.1, 0.15) is 0 Å². The van der Waals surface area contributed by atoms with Crippen LogP contribution in [0.3, 0.4) is 0 Å². The topological polar surface area (TPSA) is 63.7 Å². The Hall–Kier alpha value is -2.82. The second-order valence-corrected chi connectivity index (χ2v) is 6.87. The summed E-state index contributed by atoms with van der Waals surface area (Å²) in [7, 11) is 0. The molecule has 1 fully saturated rings. The first-order valence-electron chi connectivity index (χ1n) is 8.80. The van der Waals surface area contributed by atoms with Gasteiger partial charge in [0.15, 0.2) is 0 Å². The van der Waals surface area contributed by atoms with E-state index >= 15 is 0 Å². The number of carbonyl (C=O) groups is 2. The molecular formula is C21H23N2O3-. The zero-order valence-corrected chi connectivity index (χ0v) is 15.4. The maximum atomic E-state index is 12.7. The molecule has 3 rings (SSSR count). The van der Waals surface area contributed by atoms with Crippen molar-refractivity contribution in [3.63, 3.8) is 0 Å². The highest BCUT2D eigenvalue weighted by atomic mass is 16.4. The molecule has 0 bridgehead atoms. The van der Waals surface area contributed by atoms with Crippen molar-refractivity contribution >= 4 is 17.6 Å². The standard InChI is InChI=1S/C21H24N2O3/c1-14-11-16(3)19(12-15(14)2)22-7-9-23(10-8-22)20(24)17-5-4-6-18(13-17)21(25)26/h4-6,11-13H,7-10H2,1-3H3,(H,25,26)/p-1. The van der Waals surface area contributed by atoms with Gasteiger partial charge in [0.2, 0.25) is 0 Å². The predicted octanol–water partition coefficient (Wildman–Crippen LogP) is 1.94. The molecule has 5 nitrogen and oxygen atoms in total. The third-order valence-corrected chi connectivity index (χ3v) is 5.07. The average molecular weight is 351 g/mol. The molecule has 0 spiro atoms. The normalized spacial score (nSPS) is 14.4. The quantitative estimate of drug-likeness (QED) is 0.848. The fourth-order valence-corrected chi connectivity index (χ4v) is 3.40.